The van der Waals surface area contributed by atoms with E-state index >= 15 is 0 Å². The molecule has 35 heavy (non-hydrogen) atoms. The number of rotatable bonds is 9. The maximum Gasteiger partial charge on any atom is 0.344 e. The number of aliphatic hydroxyl groups excluding tert-OH is 1. The Morgan fingerprint density at radius 1 is 1.11 bits per heavy atom. The minimum Gasteiger partial charge on any atom is -0.506 e. The topological polar surface area (TPSA) is 104 Å². The molecule has 0 saturated heterocycles. The summed E-state index contributed by atoms with van der Waals surface area (Å²) in [6.45, 7) is 3.55. The molecular formula is C25H24BrNO7S. The lowest BCUT2D eigenvalue weighted by molar-refractivity contribution is -0.145. The fraction of sp³-hybridized carbons (Fsp3) is 0.240. The van der Waals surface area contributed by atoms with Crippen LogP contribution in [0.2, 0.25) is 0 Å². The Labute approximate surface area is 215 Å². The number of hydrogen-bond donors (Lipinski definition) is 1. The lowest BCUT2D eigenvalue weighted by Crippen LogP contribution is -2.15. The van der Waals surface area contributed by atoms with Gasteiger partial charge in [0.1, 0.15) is 16.4 Å². The maximum atomic E-state index is 12.6. The van der Waals surface area contributed by atoms with Gasteiger partial charge in [-0.3, -0.25) is 0 Å². The van der Waals surface area contributed by atoms with Crippen molar-refractivity contribution in [2.75, 3.05) is 26.9 Å². The number of methoxy groups -OCH3 is 1. The summed E-state index contributed by atoms with van der Waals surface area (Å²) >= 11 is 4.59. The highest BCUT2D eigenvalue weighted by atomic mass is 79.9. The van der Waals surface area contributed by atoms with E-state index < -0.39 is 11.9 Å². The third-order valence-electron chi connectivity index (χ3n) is 4.55. The van der Waals surface area contributed by atoms with Crippen LogP contribution in [0.5, 0.6) is 11.5 Å². The van der Waals surface area contributed by atoms with Crippen LogP contribution in [-0.2, 0) is 19.1 Å². The Morgan fingerprint density at radius 3 is 2.49 bits per heavy atom. The van der Waals surface area contributed by atoms with Gasteiger partial charge in [0.15, 0.2) is 18.1 Å². The summed E-state index contributed by atoms with van der Waals surface area (Å²) < 4.78 is 21.5. The smallest absolute Gasteiger partial charge is 0.344 e. The summed E-state index contributed by atoms with van der Waals surface area (Å²) in [6, 6.07) is 12.5. The second-order valence-electron chi connectivity index (χ2n) is 6.94. The number of ether oxygens (including phenoxy) is 4. The van der Waals surface area contributed by atoms with E-state index in [1.165, 1.54) is 7.11 Å². The molecule has 0 aromatic heterocycles. The van der Waals surface area contributed by atoms with Crippen molar-refractivity contribution in [2.24, 2.45) is 4.99 Å². The standard InChI is InChI=1S/C25H24BrNO7S/c1-4-32-20(28)14-34-23-17(26)11-15(12-18(23)31-3)13-19-22(29)21(25(30)33-5-2)24(35-19)27-16-9-7-6-8-10-16/h6-13,29H,4-5,14H2,1-3H3/b19-13-,27-24?. The molecule has 2 aromatic rings. The van der Waals surface area contributed by atoms with Crippen LogP contribution in [0.15, 0.2) is 68.2 Å². The van der Waals surface area contributed by atoms with Gasteiger partial charge in [-0.1, -0.05) is 30.0 Å². The first-order chi connectivity index (χ1) is 16.9. The number of carbonyl (C=O) groups excluding carboxylic acids is 2. The fourth-order valence-electron chi connectivity index (χ4n) is 3.06. The van der Waals surface area contributed by atoms with E-state index in [-0.39, 0.29) is 31.2 Å². The summed E-state index contributed by atoms with van der Waals surface area (Å²) in [5, 5.41) is 11.2. The molecule has 0 spiro atoms. The molecule has 0 saturated carbocycles. The molecule has 2 aromatic carbocycles. The van der Waals surface area contributed by atoms with Gasteiger partial charge in [0, 0.05) is 0 Å². The Balaban J connectivity index is 1.97. The van der Waals surface area contributed by atoms with Gasteiger partial charge in [-0.05, 0) is 65.7 Å². The first-order valence-electron chi connectivity index (χ1n) is 10.7. The van der Waals surface area contributed by atoms with E-state index in [0.29, 0.717) is 37.2 Å². The molecule has 0 bridgehead atoms. The zero-order chi connectivity index (χ0) is 25.4. The number of esters is 2. The van der Waals surface area contributed by atoms with Crippen LogP contribution in [-0.4, -0.2) is 49.0 Å². The predicted molar refractivity (Wildman–Crippen MR) is 138 cm³/mol. The fourth-order valence-corrected chi connectivity index (χ4v) is 4.67. The second-order valence-corrected chi connectivity index (χ2v) is 8.82. The molecule has 0 fully saturated rings. The van der Waals surface area contributed by atoms with Crippen molar-refractivity contribution in [2.45, 2.75) is 13.8 Å². The van der Waals surface area contributed by atoms with E-state index in [1.54, 1.807) is 44.2 Å². The lowest BCUT2D eigenvalue weighted by Gasteiger charge is -2.13. The number of benzene rings is 2. The Bertz CT molecular complexity index is 1190. The van der Waals surface area contributed by atoms with Gasteiger partial charge in [-0.2, -0.15) is 0 Å². The van der Waals surface area contributed by atoms with E-state index in [0.717, 1.165) is 11.8 Å². The monoisotopic (exact) mass is 561 g/mol. The molecular weight excluding hydrogens is 538 g/mol. The largest absolute Gasteiger partial charge is 0.506 e. The Morgan fingerprint density at radius 2 is 1.83 bits per heavy atom. The number of thioether (sulfide) groups is 1. The third-order valence-corrected chi connectivity index (χ3v) is 6.16. The molecule has 1 aliphatic heterocycles. The highest BCUT2D eigenvalue weighted by Crippen LogP contribution is 2.42. The summed E-state index contributed by atoms with van der Waals surface area (Å²) in [5.41, 5.74) is 1.29. The highest BCUT2D eigenvalue weighted by Gasteiger charge is 2.33. The molecule has 184 valence electrons. The Kier molecular flexibility index (Phi) is 9.39. The molecule has 0 aliphatic carbocycles. The summed E-state index contributed by atoms with van der Waals surface area (Å²) in [5.74, 6) is -0.675. The summed E-state index contributed by atoms with van der Waals surface area (Å²) in [4.78, 5) is 29.2. The minimum atomic E-state index is -0.656. The number of nitrogens with zero attached hydrogens (tertiary/aromatic N) is 1. The van der Waals surface area contributed by atoms with Crippen molar-refractivity contribution in [3.63, 3.8) is 0 Å². The van der Waals surface area contributed by atoms with Crippen molar-refractivity contribution in [3.05, 3.63) is 68.7 Å². The minimum absolute atomic E-state index is 0.00683. The van der Waals surface area contributed by atoms with Crippen molar-refractivity contribution < 1.29 is 33.6 Å². The van der Waals surface area contributed by atoms with Gasteiger partial charge < -0.3 is 24.1 Å². The quantitative estimate of drug-likeness (QED) is 0.395. The van der Waals surface area contributed by atoms with Gasteiger partial charge >= 0.3 is 11.9 Å². The van der Waals surface area contributed by atoms with Gasteiger partial charge in [0.2, 0.25) is 0 Å². The molecule has 10 heteroatoms. The van der Waals surface area contributed by atoms with Crippen LogP contribution in [0.25, 0.3) is 6.08 Å². The molecule has 1 N–H and O–H groups in total. The van der Waals surface area contributed by atoms with E-state index in [1.807, 2.05) is 18.2 Å². The number of halogens is 1. The molecule has 0 radical (unpaired) electrons. The first kappa shape index (κ1) is 26.4. The second kappa shape index (κ2) is 12.5. The van der Waals surface area contributed by atoms with Crippen LogP contribution in [0.3, 0.4) is 0 Å². The van der Waals surface area contributed by atoms with E-state index in [9.17, 15) is 14.7 Å². The predicted octanol–water partition coefficient (Wildman–Crippen LogP) is 5.59. The number of aliphatic hydroxyl groups is 1. The van der Waals surface area contributed by atoms with Crippen molar-refractivity contribution in [3.8, 4) is 11.5 Å². The average Bonchev–Trinajstić information content (AvgIpc) is 3.13. The number of aliphatic imine (C=N–C) groups is 1. The van der Waals surface area contributed by atoms with Gasteiger partial charge in [-0.15, -0.1) is 0 Å². The van der Waals surface area contributed by atoms with Crippen LogP contribution in [0.4, 0.5) is 5.69 Å². The number of para-hydroxylation sites is 1. The Hall–Kier alpha value is -3.24. The van der Waals surface area contributed by atoms with Crippen LogP contribution in [0.1, 0.15) is 19.4 Å². The van der Waals surface area contributed by atoms with E-state index in [2.05, 4.69) is 20.9 Å². The van der Waals surface area contributed by atoms with Crippen LogP contribution < -0.4 is 9.47 Å². The van der Waals surface area contributed by atoms with Gasteiger partial charge in [0.05, 0.1) is 35.4 Å². The van der Waals surface area contributed by atoms with Gasteiger partial charge in [-0.25, -0.2) is 14.6 Å². The molecule has 0 atom stereocenters. The van der Waals surface area contributed by atoms with Crippen molar-refractivity contribution in [1.29, 1.82) is 0 Å². The third kappa shape index (κ3) is 6.67. The van der Waals surface area contributed by atoms with E-state index in [4.69, 9.17) is 18.9 Å². The van der Waals surface area contributed by atoms with Crippen LogP contribution in [0, 0.1) is 0 Å². The molecule has 8 nitrogen and oxygen atoms in total. The average molecular weight is 562 g/mol. The van der Waals surface area contributed by atoms with Crippen molar-refractivity contribution >= 4 is 56.4 Å². The normalized spacial score (nSPS) is 15.4. The molecule has 1 heterocycles. The molecule has 3 rings (SSSR count). The van der Waals surface area contributed by atoms with Crippen molar-refractivity contribution in [1.82, 2.24) is 0 Å². The SMILES string of the molecule is CCOC(=O)COc1c(Br)cc(/C=C2\SC(=Nc3ccccc3)C(C(=O)OCC)=C2O)cc1OC. The summed E-state index contributed by atoms with van der Waals surface area (Å²) in [7, 11) is 1.47. The molecule has 1 aliphatic rings. The maximum absolute atomic E-state index is 12.6. The molecule has 0 unspecified atom stereocenters. The van der Waals surface area contributed by atoms with Gasteiger partial charge in [0.25, 0.3) is 0 Å². The zero-order valence-corrected chi connectivity index (χ0v) is 21.8. The zero-order valence-electron chi connectivity index (χ0n) is 19.4. The lowest BCUT2D eigenvalue weighted by atomic mass is 10.1. The summed E-state index contributed by atoms with van der Waals surface area (Å²) in [6.07, 6.45) is 1.69. The number of carbonyl (C=O) groups is 2. The van der Waals surface area contributed by atoms with Crippen LogP contribution >= 0.6 is 27.7 Å². The highest BCUT2D eigenvalue weighted by molar-refractivity contribution is 9.10. The first-order valence-corrected chi connectivity index (χ1v) is 12.3. The number of hydrogen-bond acceptors (Lipinski definition) is 9. The molecule has 0 amide bonds.